The van der Waals surface area contributed by atoms with Crippen LogP contribution in [-0.4, -0.2) is 50.3 Å². The number of sulfonamides is 1. The lowest BCUT2D eigenvalue weighted by molar-refractivity contribution is 0.141. The van der Waals surface area contributed by atoms with Crippen molar-refractivity contribution in [2.45, 2.75) is 26.5 Å². The van der Waals surface area contributed by atoms with Gasteiger partial charge in [0.05, 0.1) is 5.75 Å². The summed E-state index contributed by atoms with van der Waals surface area (Å²) in [6.07, 6.45) is 0. The molecule has 0 bridgehead atoms. The maximum Gasteiger partial charge on any atom is 0.218 e. The average molecular weight is 345 g/mol. The fourth-order valence-electron chi connectivity index (χ4n) is 2.72. The van der Waals surface area contributed by atoms with Gasteiger partial charge in [-0.2, -0.15) is 4.31 Å². The Morgan fingerprint density at radius 2 is 1.59 bits per heavy atom. The Bertz CT molecular complexity index is 586. The van der Waals surface area contributed by atoms with Crippen LogP contribution in [0.1, 0.15) is 26.3 Å². The van der Waals surface area contributed by atoms with Crippen LogP contribution in [0.2, 0.25) is 5.02 Å². The van der Waals surface area contributed by atoms with Crippen molar-refractivity contribution >= 4 is 21.6 Å². The van der Waals surface area contributed by atoms with Gasteiger partial charge >= 0.3 is 0 Å². The van der Waals surface area contributed by atoms with E-state index in [-0.39, 0.29) is 11.2 Å². The van der Waals surface area contributed by atoms with E-state index in [0.29, 0.717) is 18.1 Å². The molecule has 0 spiro atoms. The summed E-state index contributed by atoms with van der Waals surface area (Å²) in [5.74, 6) is 0.0451. The number of hydrogen-bond donors (Lipinski definition) is 0. The summed E-state index contributed by atoms with van der Waals surface area (Å²) < 4.78 is 26.6. The molecular weight excluding hydrogens is 320 g/mol. The Morgan fingerprint density at radius 3 is 2.09 bits per heavy atom. The van der Waals surface area contributed by atoms with Gasteiger partial charge in [-0.05, 0) is 23.1 Å². The molecule has 1 saturated heterocycles. The van der Waals surface area contributed by atoms with Crippen LogP contribution in [0.5, 0.6) is 0 Å². The lowest BCUT2D eigenvalue weighted by Crippen LogP contribution is -2.50. The van der Waals surface area contributed by atoms with E-state index < -0.39 is 10.0 Å². The molecule has 1 aliphatic heterocycles. The molecule has 0 aliphatic carbocycles. The Kier molecular flexibility index (Phi) is 5.54. The van der Waals surface area contributed by atoms with Crippen molar-refractivity contribution < 1.29 is 8.42 Å². The third-order valence-corrected chi connectivity index (χ3v) is 5.79. The first-order chi connectivity index (χ1) is 10.2. The smallest absolute Gasteiger partial charge is 0.218 e. The zero-order valence-electron chi connectivity index (χ0n) is 13.5. The topological polar surface area (TPSA) is 40.6 Å². The fraction of sp³-hybridized carbons (Fsp3) is 0.625. The maximum absolute atomic E-state index is 12.5. The SMILES string of the molecule is CC(C)(C)CN1CCN(S(=O)(=O)Cc2ccc(Cl)cc2)CC1. The number of benzene rings is 1. The number of halogens is 1. The van der Waals surface area contributed by atoms with Crippen LogP contribution in [0, 0.1) is 5.41 Å². The highest BCUT2D eigenvalue weighted by Gasteiger charge is 2.28. The second kappa shape index (κ2) is 6.87. The Morgan fingerprint density at radius 1 is 1.05 bits per heavy atom. The zero-order chi connectivity index (χ0) is 16.4. The normalized spacial score (nSPS) is 18.5. The summed E-state index contributed by atoms with van der Waals surface area (Å²) in [6, 6.07) is 7.01. The third kappa shape index (κ3) is 5.23. The van der Waals surface area contributed by atoms with Gasteiger partial charge in [0.15, 0.2) is 0 Å². The molecule has 2 rings (SSSR count). The highest BCUT2D eigenvalue weighted by Crippen LogP contribution is 2.19. The second-order valence-electron chi connectivity index (χ2n) is 7.12. The van der Waals surface area contributed by atoms with E-state index in [9.17, 15) is 8.42 Å². The molecule has 0 unspecified atom stereocenters. The molecule has 0 amide bonds. The molecule has 124 valence electrons. The fourth-order valence-corrected chi connectivity index (χ4v) is 4.36. The van der Waals surface area contributed by atoms with Crippen LogP contribution in [0.15, 0.2) is 24.3 Å². The van der Waals surface area contributed by atoms with Gasteiger partial charge in [-0.3, -0.25) is 0 Å². The van der Waals surface area contributed by atoms with Crippen LogP contribution >= 0.6 is 11.6 Å². The van der Waals surface area contributed by atoms with Crippen molar-refractivity contribution in [2.24, 2.45) is 5.41 Å². The predicted octanol–water partition coefficient (Wildman–Crippen LogP) is 2.83. The van der Waals surface area contributed by atoms with E-state index in [4.69, 9.17) is 11.6 Å². The predicted molar refractivity (Wildman–Crippen MR) is 91.5 cm³/mol. The van der Waals surface area contributed by atoms with E-state index in [2.05, 4.69) is 25.7 Å². The number of nitrogens with zero attached hydrogens (tertiary/aromatic N) is 2. The molecule has 0 N–H and O–H groups in total. The molecule has 1 fully saturated rings. The van der Waals surface area contributed by atoms with Crippen LogP contribution < -0.4 is 0 Å². The van der Waals surface area contributed by atoms with Gasteiger partial charge in [0.25, 0.3) is 0 Å². The quantitative estimate of drug-likeness (QED) is 0.843. The maximum atomic E-state index is 12.5. The molecule has 4 nitrogen and oxygen atoms in total. The van der Waals surface area contributed by atoms with E-state index >= 15 is 0 Å². The van der Waals surface area contributed by atoms with Crippen LogP contribution in [0.3, 0.4) is 0 Å². The van der Waals surface area contributed by atoms with E-state index in [1.807, 2.05) is 0 Å². The number of hydrogen-bond acceptors (Lipinski definition) is 3. The summed E-state index contributed by atoms with van der Waals surface area (Å²) in [6.45, 7) is 10.4. The van der Waals surface area contributed by atoms with E-state index in [0.717, 1.165) is 25.2 Å². The Hall–Kier alpha value is -0.620. The van der Waals surface area contributed by atoms with Gasteiger partial charge in [-0.1, -0.05) is 44.5 Å². The van der Waals surface area contributed by atoms with Crippen LogP contribution in [0.25, 0.3) is 0 Å². The van der Waals surface area contributed by atoms with E-state index in [1.54, 1.807) is 28.6 Å². The Balaban J connectivity index is 1.93. The lowest BCUT2D eigenvalue weighted by atomic mass is 9.96. The highest BCUT2D eigenvalue weighted by atomic mass is 35.5. The minimum atomic E-state index is -3.25. The molecule has 1 aliphatic rings. The molecule has 0 saturated carbocycles. The van der Waals surface area contributed by atoms with Gasteiger partial charge in [0.2, 0.25) is 10.0 Å². The van der Waals surface area contributed by atoms with Gasteiger partial charge in [0.1, 0.15) is 0 Å². The first-order valence-electron chi connectivity index (χ1n) is 7.60. The standard InChI is InChI=1S/C16H25ClN2O2S/c1-16(2,3)13-18-8-10-19(11-9-18)22(20,21)12-14-4-6-15(17)7-5-14/h4-7H,8-13H2,1-3H3. The zero-order valence-corrected chi connectivity index (χ0v) is 15.1. The highest BCUT2D eigenvalue weighted by molar-refractivity contribution is 7.88. The monoisotopic (exact) mass is 344 g/mol. The second-order valence-corrected chi connectivity index (χ2v) is 9.52. The van der Waals surface area contributed by atoms with Crippen molar-refractivity contribution in [3.8, 4) is 0 Å². The molecule has 0 radical (unpaired) electrons. The summed E-state index contributed by atoms with van der Waals surface area (Å²) in [5.41, 5.74) is 1.02. The van der Waals surface area contributed by atoms with Crippen molar-refractivity contribution in [2.75, 3.05) is 32.7 Å². The Labute approximate surface area is 139 Å². The van der Waals surface area contributed by atoms with Gasteiger partial charge in [-0.25, -0.2) is 8.42 Å². The molecule has 0 aromatic heterocycles. The summed E-state index contributed by atoms with van der Waals surface area (Å²) >= 11 is 5.83. The molecule has 0 atom stereocenters. The molecule has 1 aromatic carbocycles. The van der Waals surface area contributed by atoms with E-state index in [1.165, 1.54) is 0 Å². The molecule has 22 heavy (non-hydrogen) atoms. The van der Waals surface area contributed by atoms with Crippen molar-refractivity contribution in [3.63, 3.8) is 0 Å². The van der Waals surface area contributed by atoms with Crippen molar-refractivity contribution in [3.05, 3.63) is 34.9 Å². The summed E-state index contributed by atoms with van der Waals surface area (Å²) in [5, 5.41) is 0.622. The average Bonchev–Trinajstić information content (AvgIpc) is 2.40. The first-order valence-corrected chi connectivity index (χ1v) is 9.59. The molecular formula is C16H25ClN2O2S. The summed E-state index contributed by atoms with van der Waals surface area (Å²) in [4.78, 5) is 2.34. The van der Waals surface area contributed by atoms with Crippen LogP contribution in [-0.2, 0) is 15.8 Å². The molecule has 1 aromatic rings. The summed E-state index contributed by atoms with van der Waals surface area (Å²) in [7, 11) is -3.25. The van der Waals surface area contributed by atoms with Crippen molar-refractivity contribution in [1.82, 2.24) is 9.21 Å². The first kappa shape index (κ1) is 17.7. The van der Waals surface area contributed by atoms with Crippen LogP contribution in [0.4, 0.5) is 0 Å². The number of piperazine rings is 1. The number of rotatable bonds is 4. The molecule has 6 heteroatoms. The minimum absolute atomic E-state index is 0.0451. The largest absolute Gasteiger partial charge is 0.300 e. The van der Waals surface area contributed by atoms with Crippen molar-refractivity contribution in [1.29, 1.82) is 0 Å². The molecule has 1 heterocycles. The van der Waals surface area contributed by atoms with Gasteiger partial charge in [-0.15, -0.1) is 0 Å². The minimum Gasteiger partial charge on any atom is -0.300 e. The van der Waals surface area contributed by atoms with Gasteiger partial charge in [0, 0.05) is 37.7 Å². The third-order valence-electron chi connectivity index (χ3n) is 3.68. The lowest BCUT2D eigenvalue weighted by Gasteiger charge is -2.37. The van der Waals surface area contributed by atoms with Gasteiger partial charge < -0.3 is 4.90 Å².